The first kappa shape index (κ1) is 13.6. The molecule has 0 rings (SSSR count). The molecule has 0 spiro atoms. The van der Waals surface area contributed by atoms with Crippen LogP contribution in [0.2, 0.25) is 0 Å². The van der Waals surface area contributed by atoms with Gasteiger partial charge in [0.15, 0.2) is 0 Å². The van der Waals surface area contributed by atoms with Crippen molar-refractivity contribution in [2.75, 3.05) is 20.3 Å². The van der Waals surface area contributed by atoms with Crippen LogP contribution < -0.4 is 5.73 Å². The fourth-order valence-corrected chi connectivity index (χ4v) is 2.29. The summed E-state index contributed by atoms with van der Waals surface area (Å²) in [5, 5.41) is 0. The average Bonchev–Trinajstić information content (AvgIpc) is 2.16. The number of methoxy groups -OCH3 is 1. The van der Waals surface area contributed by atoms with E-state index >= 15 is 0 Å². The van der Waals surface area contributed by atoms with Crippen LogP contribution in [0.15, 0.2) is 0 Å². The molecule has 0 heterocycles. The lowest BCUT2D eigenvalue weighted by Crippen LogP contribution is -2.33. The van der Waals surface area contributed by atoms with Crippen molar-refractivity contribution in [3.8, 4) is 0 Å². The van der Waals surface area contributed by atoms with Gasteiger partial charge in [-0.15, -0.1) is 0 Å². The Morgan fingerprint density at radius 1 is 1.36 bits per heavy atom. The zero-order valence-corrected chi connectivity index (χ0v) is 9.45. The van der Waals surface area contributed by atoms with E-state index in [-0.39, 0.29) is 13.2 Å². The molecule has 0 fully saturated rings. The molecule has 0 saturated carbocycles. The molecular weight excluding hydrogens is 209 g/mol. The minimum atomic E-state index is -3.58. The predicted octanol–water partition coefficient (Wildman–Crippen LogP) is 0.710. The van der Waals surface area contributed by atoms with E-state index in [2.05, 4.69) is 4.74 Å². The molecule has 0 aliphatic carbocycles. The van der Waals surface area contributed by atoms with Crippen molar-refractivity contribution >= 4 is 13.6 Å². The van der Waals surface area contributed by atoms with Gasteiger partial charge in [-0.2, -0.15) is 0 Å². The number of hydrogen-bond acceptors (Lipinski definition) is 6. The summed E-state index contributed by atoms with van der Waals surface area (Å²) in [5.41, 5.74) is 5.39. The van der Waals surface area contributed by atoms with Crippen molar-refractivity contribution < 1.29 is 23.1 Å². The Morgan fingerprint density at radius 3 is 2.07 bits per heavy atom. The van der Waals surface area contributed by atoms with Gasteiger partial charge in [-0.1, -0.05) is 0 Å². The summed E-state index contributed by atoms with van der Waals surface area (Å²) in [6, 6.07) is 0. The standard InChI is InChI=1S/C7H16NO5P/c1-4-12-14(10,13-5-2)6(8)7(9)11-3/h6H,4-5,8H2,1-3H3/t6-/m1/s1. The highest BCUT2D eigenvalue weighted by Crippen LogP contribution is 2.51. The van der Waals surface area contributed by atoms with Crippen LogP contribution >= 0.6 is 7.60 Å². The monoisotopic (exact) mass is 225 g/mol. The molecule has 14 heavy (non-hydrogen) atoms. The van der Waals surface area contributed by atoms with Gasteiger partial charge in [-0.3, -0.25) is 4.57 Å². The number of esters is 1. The highest BCUT2D eigenvalue weighted by Gasteiger charge is 2.38. The van der Waals surface area contributed by atoms with E-state index in [1.807, 2.05) is 0 Å². The molecule has 2 N–H and O–H groups in total. The largest absolute Gasteiger partial charge is 0.467 e. The molecule has 0 aliphatic rings. The van der Waals surface area contributed by atoms with E-state index < -0.39 is 19.3 Å². The Hall–Kier alpha value is -0.420. The Bertz CT molecular complexity index is 222. The number of carbonyl (C=O) groups excluding carboxylic acids is 1. The van der Waals surface area contributed by atoms with Crippen molar-refractivity contribution in [2.24, 2.45) is 5.73 Å². The molecule has 0 unspecified atom stereocenters. The number of ether oxygens (including phenoxy) is 1. The van der Waals surface area contributed by atoms with Gasteiger partial charge in [-0.25, -0.2) is 4.79 Å². The van der Waals surface area contributed by atoms with Crippen LogP contribution in [0.1, 0.15) is 13.8 Å². The van der Waals surface area contributed by atoms with Crippen molar-refractivity contribution in [1.82, 2.24) is 0 Å². The summed E-state index contributed by atoms with van der Waals surface area (Å²) in [5.74, 6) is -2.19. The van der Waals surface area contributed by atoms with Crippen molar-refractivity contribution in [3.63, 3.8) is 0 Å². The van der Waals surface area contributed by atoms with E-state index in [4.69, 9.17) is 14.8 Å². The number of rotatable bonds is 6. The quantitative estimate of drug-likeness (QED) is 0.529. The van der Waals surface area contributed by atoms with Crippen LogP contribution in [0.25, 0.3) is 0 Å². The van der Waals surface area contributed by atoms with Gasteiger partial charge in [0, 0.05) is 0 Å². The fourth-order valence-electron chi connectivity index (χ4n) is 0.808. The second-order valence-corrected chi connectivity index (χ2v) is 4.50. The van der Waals surface area contributed by atoms with Crippen LogP contribution in [-0.2, 0) is 23.1 Å². The minimum absolute atomic E-state index is 0.155. The molecule has 1 atom stereocenters. The lowest BCUT2D eigenvalue weighted by molar-refractivity contribution is -0.140. The summed E-state index contributed by atoms with van der Waals surface area (Å²) in [7, 11) is -2.42. The Labute approximate surface area is 83.2 Å². The average molecular weight is 225 g/mol. The van der Waals surface area contributed by atoms with E-state index in [0.717, 1.165) is 7.11 Å². The second-order valence-electron chi connectivity index (χ2n) is 2.34. The minimum Gasteiger partial charge on any atom is -0.467 e. The summed E-state index contributed by atoms with van der Waals surface area (Å²) in [6.07, 6.45) is 0. The van der Waals surface area contributed by atoms with Crippen molar-refractivity contribution in [3.05, 3.63) is 0 Å². The third-order valence-corrected chi connectivity index (χ3v) is 3.53. The summed E-state index contributed by atoms with van der Waals surface area (Å²) in [4.78, 5) is 11.0. The van der Waals surface area contributed by atoms with Crippen LogP contribution in [0.4, 0.5) is 0 Å². The maximum absolute atomic E-state index is 11.8. The van der Waals surface area contributed by atoms with Gasteiger partial charge in [0.05, 0.1) is 20.3 Å². The maximum atomic E-state index is 11.8. The third kappa shape index (κ3) is 3.38. The molecule has 0 aromatic rings. The Kier molecular flexibility index (Phi) is 5.95. The first-order valence-electron chi connectivity index (χ1n) is 4.24. The van der Waals surface area contributed by atoms with Gasteiger partial charge in [-0.05, 0) is 13.8 Å². The molecule has 84 valence electrons. The molecule has 0 aliphatic heterocycles. The molecule has 0 aromatic carbocycles. The molecule has 0 amide bonds. The summed E-state index contributed by atoms with van der Waals surface area (Å²) in [6.45, 7) is 3.58. The van der Waals surface area contributed by atoms with Crippen LogP contribution in [0, 0.1) is 0 Å². The smallest absolute Gasteiger partial charge is 0.358 e. The van der Waals surface area contributed by atoms with Gasteiger partial charge < -0.3 is 19.5 Å². The second kappa shape index (κ2) is 6.14. The molecule has 7 heteroatoms. The lowest BCUT2D eigenvalue weighted by Gasteiger charge is -2.20. The first-order chi connectivity index (χ1) is 6.51. The van der Waals surface area contributed by atoms with E-state index in [1.54, 1.807) is 13.8 Å². The number of carbonyl (C=O) groups is 1. The van der Waals surface area contributed by atoms with Gasteiger partial charge in [0.25, 0.3) is 0 Å². The maximum Gasteiger partial charge on any atom is 0.358 e. The molecule has 0 radical (unpaired) electrons. The van der Waals surface area contributed by atoms with Crippen LogP contribution in [0.3, 0.4) is 0 Å². The Balaban J connectivity index is 4.63. The molecule has 0 bridgehead atoms. The van der Waals surface area contributed by atoms with E-state index in [0.29, 0.717) is 0 Å². The summed E-state index contributed by atoms with van der Waals surface area (Å²) < 4.78 is 25.9. The first-order valence-corrected chi connectivity index (χ1v) is 5.85. The number of nitrogens with two attached hydrogens (primary N) is 1. The highest BCUT2D eigenvalue weighted by atomic mass is 31.2. The van der Waals surface area contributed by atoms with E-state index in [1.165, 1.54) is 0 Å². The van der Waals surface area contributed by atoms with Crippen molar-refractivity contribution in [2.45, 2.75) is 19.6 Å². The van der Waals surface area contributed by atoms with Gasteiger partial charge >= 0.3 is 13.6 Å². The molecule has 0 saturated heterocycles. The zero-order chi connectivity index (χ0) is 11.2. The predicted molar refractivity (Wildman–Crippen MR) is 50.8 cm³/mol. The van der Waals surface area contributed by atoms with Crippen LogP contribution in [0.5, 0.6) is 0 Å². The highest BCUT2D eigenvalue weighted by molar-refractivity contribution is 7.55. The van der Waals surface area contributed by atoms with Gasteiger partial charge in [0.1, 0.15) is 0 Å². The van der Waals surface area contributed by atoms with Gasteiger partial charge in [0.2, 0.25) is 5.78 Å². The van der Waals surface area contributed by atoms with Crippen molar-refractivity contribution in [1.29, 1.82) is 0 Å². The SMILES string of the molecule is CCOP(=O)(OCC)[C@@H](N)C(=O)OC. The third-order valence-electron chi connectivity index (χ3n) is 1.40. The normalized spacial score (nSPS) is 13.7. The van der Waals surface area contributed by atoms with Crippen LogP contribution in [-0.4, -0.2) is 32.1 Å². The molecule has 0 aromatic heterocycles. The summed E-state index contributed by atoms with van der Waals surface area (Å²) >= 11 is 0. The molecular formula is C7H16NO5P. The zero-order valence-electron chi connectivity index (χ0n) is 8.56. The molecule has 6 nitrogen and oxygen atoms in total. The van der Waals surface area contributed by atoms with E-state index in [9.17, 15) is 9.36 Å². The topological polar surface area (TPSA) is 87.9 Å². The Morgan fingerprint density at radius 2 is 1.79 bits per heavy atom. The fraction of sp³-hybridized carbons (Fsp3) is 0.857. The lowest BCUT2D eigenvalue weighted by atomic mass is 10.7. The number of hydrogen-bond donors (Lipinski definition) is 1.